The second kappa shape index (κ2) is 14.0. The maximum atomic E-state index is 9.77. The maximum absolute atomic E-state index is 9.77. The fourth-order valence-electron chi connectivity index (χ4n) is 3.38. The highest BCUT2D eigenvalue weighted by atomic mass is 16.4. The van der Waals surface area contributed by atoms with Crippen molar-refractivity contribution < 1.29 is 46.4 Å². The number of likely N-dealkylation sites (tertiary alicyclic amines) is 1. The molecule has 168 valence electrons. The quantitative estimate of drug-likeness (QED) is 0.335. The molecule has 0 aromatic heterocycles. The number of carboxylic acid groups (broad SMARTS) is 2. The van der Waals surface area contributed by atoms with Gasteiger partial charge >= 0.3 is 11.9 Å². The molecule has 0 amide bonds. The van der Waals surface area contributed by atoms with Crippen molar-refractivity contribution >= 4 is 11.9 Å². The first kappa shape index (κ1) is 29.1. The Hall–Kier alpha value is -2.12. The molecular formula is C18H32N2O9. The smallest absolute Gasteiger partial charge is 0.335 e. The van der Waals surface area contributed by atoms with Crippen molar-refractivity contribution in [1.29, 1.82) is 0 Å². The van der Waals surface area contributed by atoms with Crippen LogP contribution in [0.2, 0.25) is 0 Å². The highest BCUT2D eigenvalue weighted by Crippen LogP contribution is 2.25. The Morgan fingerprint density at radius 2 is 1.55 bits per heavy atom. The van der Waals surface area contributed by atoms with Crippen LogP contribution in [0.15, 0.2) is 30.3 Å². The van der Waals surface area contributed by atoms with E-state index in [1.54, 1.807) is 0 Å². The lowest BCUT2D eigenvalue weighted by Crippen LogP contribution is -2.40. The van der Waals surface area contributed by atoms with Gasteiger partial charge in [-0.05, 0) is 30.9 Å². The molecule has 0 saturated carbocycles. The van der Waals surface area contributed by atoms with Crippen molar-refractivity contribution in [3.8, 4) is 0 Å². The number of carboxylic acids is 2. The molecule has 1 aromatic rings. The van der Waals surface area contributed by atoms with Gasteiger partial charge in [0, 0.05) is 25.7 Å². The van der Waals surface area contributed by atoms with Crippen molar-refractivity contribution in [2.24, 2.45) is 5.92 Å². The van der Waals surface area contributed by atoms with Gasteiger partial charge in [0.15, 0.2) is 12.2 Å². The number of hydrogen-bond donors (Lipinski definition) is 5. The van der Waals surface area contributed by atoms with Gasteiger partial charge in [-0.2, -0.15) is 0 Å². The molecule has 2 aliphatic heterocycles. The number of hydrogen-bond acceptors (Lipinski definition) is 6. The first-order valence-corrected chi connectivity index (χ1v) is 8.70. The number of rotatable bonds is 5. The van der Waals surface area contributed by atoms with Crippen LogP contribution in [-0.2, 0) is 16.1 Å². The molecule has 2 saturated heterocycles. The molecule has 2 aliphatic rings. The van der Waals surface area contributed by atoms with E-state index in [1.165, 1.54) is 38.0 Å². The first-order chi connectivity index (χ1) is 12.4. The third kappa shape index (κ3) is 8.83. The molecule has 0 unspecified atom stereocenters. The fraction of sp³-hybridized carbons (Fsp3) is 0.556. The zero-order chi connectivity index (χ0) is 19.1. The number of nitrogens with zero attached hydrogens (tertiary/aromatic N) is 1. The molecule has 11 N–H and O–H groups in total. The fourth-order valence-corrected chi connectivity index (χ4v) is 3.38. The Kier molecular flexibility index (Phi) is 14.0. The van der Waals surface area contributed by atoms with E-state index in [4.69, 9.17) is 20.4 Å². The molecule has 0 spiro atoms. The minimum Gasteiger partial charge on any atom is -0.479 e. The Morgan fingerprint density at radius 3 is 2.03 bits per heavy atom. The molecule has 2 heterocycles. The second-order valence-corrected chi connectivity index (χ2v) is 6.71. The number of fused-ring (bicyclic) bond motifs is 1. The van der Waals surface area contributed by atoms with Crippen LogP contribution < -0.4 is 5.32 Å². The second-order valence-electron chi connectivity index (χ2n) is 6.71. The molecule has 11 heteroatoms. The standard InChI is InChI=1S/C14H20N2.C4H6O6.3H2O/c1-2-5-12(6-3-1)9-16-10-13-7-4-8-15-14(13)11-16;5-1(3(7)8)2(6)4(9)10;;;/h1-3,5-6,13-15H,4,7-11H2;1-2,5-6H,(H,7,8)(H,9,10);3*1H2/t13-,14+;1-,2-;;;/m01.../s1. The predicted octanol–water partition coefficient (Wildman–Crippen LogP) is -2.73. The summed E-state index contributed by atoms with van der Waals surface area (Å²) in [4.78, 5) is 22.1. The number of aliphatic carboxylic acids is 2. The normalized spacial score (nSPS) is 22.1. The van der Waals surface area contributed by atoms with E-state index >= 15 is 0 Å². The molecule has 2 fully saturated rings. The molecule has 0 bridgehead atoms. The minimum atomic E-state index is -2.27. The SMILES string of the molecule is O.O.O.O=C(O)[C@H](O)[C@@H](O)C(=O)O.c1ccc(CN2C[C@@H]3CCCN[C@@H]3C2)cc1. The lowest BCUT2D eigenvalue weighted by atomic mass is 9.94. The number of carbonyl (C=O) groups is 2. The minimum absolute atomic E-state index is 0. The van der Waals surface area contributed by atoms with Crippen LogP contribution in [0.4, 0.5) is 0 Å². The largest absolute Gasteiger partial charge is 0.479 e. The summed E-state index contributed by atoms with van der Waals surface area (Å²) >= 11 is 0. The van der Waals surface area contributed by atoms with Crippen LogP contribution in [0.25, 0.3) is 0 Å². The Balaban J connectivity index is 0. The molecule has 3 rings (SSSR count). The molecule has 0 aliphatic carbocycles. The molecule has 29 heavy (non-hydrogen) atoms. The van der Waals surface area contributed by atoms with Gasteiger partial charge in [-0.25, -0.2) is 9.59 Å². The number of piperidine rings is 1. The van der Waals surface area contributed by atoms with Gasteiger partial charge in [0.25, 0.3) is 0 Å². The maximum Gasteiger partial charge on any atom is 0.335 e. The summed E-state index contributed by atoms with van der Waals surface area (Å²) in [7, 11) is 0. The van der Waals surface area contributed by atoms with E-state index in [0.29, 0.717) is 0 Å². The molecule has 0 radical (unpaired) electrons. The number of nitrogens with one attached hydrogen (secondary N) is 1. The summed E-state index contributed by atoms with van der Waals surface area (Å²) in [6.07, 6.45) is -1.75. The first-order valence-electron chi connectivity index (χ1n) is 8.70. The van der Waals surface area contributed by atoms with Crippen LogP contribution in [0.3, 0.4) is 0 Å². The van der Waals surface area contributed by atoms with Gasteiger partial charge in [0.05, 0.1) is 0 Å². The Bertz CT molecular complexity index is 570. The highest BCUT2D eigenvalue weighted by molar-refractivity contribution is 5.83. The summed E-state index contributed by atoms with van der Waals surface area (Å²) in [5, 5.41) is 36.2. The summed E-state index contributed by atoms with van der Waals surface area (Å²) < 4.78 is 0. The van der Waals surface area contributed by atoms with Crippen molar-refractivity contribution in [3.63, 3.8) is 0 Å². The molecular weight excluding hydrogens is 388 g/mol. The van der Waals surface area contributed by atoms with Gasteiger partial charge in [0.1, 0.15) is 0 Å². The van der Waals surface area contributed by atoms with Crippen LogP contribution in [0.1, 0.15) is 18.4 Å². The van der Waals surface area contributed by atoms with Crippen LogP contribution >= 0.6 is 0 Å². The van der Waals surface area contributed by atoms with Gasteiger partial charge < -0.3 is 42.2 Å². The lowest BCUT2D eigenvalue weighted by molar-refractivity contribution is -0.165. The van der Waals surface area contributed by atoms with Crippen molar-refractivity contribution in [1.82, 2.24) is 10.2 Å². The highest BCUT2D eigenvalue weighted by Gasteiger charge is 2.33. The topological polar surface area (TPSA) is 225 Å². The van der Waals surface area contributed by atoms with Crippen LogP contribution in [0.5, 0.6) is 0 Å². The van der Waals surface area contributed by atoms with Gasteiger partial charge in [-0.15, -0.1) is 0 Å². The number of aliphatic hydroxyl groups excluding tert-OH is 2. The number of aliphatic hydroxyl groups is 2. The lowest BCUT2D eigenvalue weighted by Gasteiger charge is -2.24. The average Bonchev–Trinajstić information content (AvgIpc) is 3.03. The van der Waals surface area contributed by atoms with E-state index < -0.39 is 24.1 Å². The van der Waals surface area contributed by atoms with Crippen molar-refractivity contribution in [2.45, 2.75) is 37.6 Å². The average molecular weight is 420 g/mol. The van der Waals surface area contributed by atoms with E-state index in [9.17, 15) is 9.59 Å². The third-order valence-electron chi connectivity index (χ3n) is 4.73. The Morgan fingerprint density at radius 1 is 1.00 bits per heavy atom. The Labute approximate surface area is 168 Å². The van der Waals surface area contributed by atoms with Gasteiger partial charge in [0.2, 0.25) is 0 Å². The van der Waals surface area contributed by atoms with E-state index in [2.05, 4.69) is 40.5 Å². The van der Waals surface area contributed by atoms with Gasteiger partial charge in [-0.1, -0.05) is 30.3 Å². The molecule has 1 aromatic carbocycles. The summed E-state index contributed by atoms with van der Waals surface area (Å²) in [5.41, 5.74) is 1.45. The summed E-state index contributed by atoms with van der Waals surface area (Å²) in [5.74, 6) is -2.64. The van der Waals surface area contributed by atoms with Gasteiger partial charge in [-0.3, -0.25) is 4.90 Å². The summed E-state index contributed by atoms with van der Waals surface area (Å²) in [6.45, 7) is 4.86. The monoisotopic (exact) mass is 420 g/mol. The molecule has 4 atom stereocenters. The van der Waals surface area contributed by atoms with E-state index in [1.807, 2.05) is 0 Å². The van der Waals surface area contributed by atoms with Crippen molar-refractivity contribution in [2.75, 3.05) is 19.6 Å². The van der Waals surface area contributed by atoms with Crippen LogP contribution in [-0.4, -0.2) is 91.6 Å². The van der Waals surface area contributed by atoms with E-state index in [-0.39, 0.29) is 16.4 Å². The third-order valence-corrected chi connectivity index (χ3v) is 4.73. The van der Waals surface area contributed by atoms with E-state index in [0.717, 1.165) is 18.5 Å². The zero-order valence-electron chi connectivity index (χ0n) is 16.0. The van der Waals surface area contributed by atoms with Crippen LogP contribution in [0, 0.1) is 5.92 Å². The molecule has 11 nitrogen and oxygen atoms in total. The van der Waals surface area contributed by atoms with Crippen molar-refractivity contribution in [3.05, 3.63) is 35.9 Å². The zero-order valence-corrected chi connectivity index (χ0v) is 16.0. The number of benzene rings is 1. The summed E-state index contributed by atoms with van der Waals surface area (Å²) in [6, 6.07) is 11.6. The predicted molar refractivity (Wildman–Crippen MR) is 104 cm³/mol.